The molecule has 1 saturated heterocycles. The van der Waals surface area contributed by atoms with Crippen LogP contribution in [0.25, 0.3) is 0 Å². The Hall–Kier alpha value is -1.93. The van der Waals surface area contributed by atoms with E-state index in [-0.39, 0.29) is 29.0 Å². The van der Waals surface area contributed by atoms with Crippen molar-refractivity contribution in [1.29, 1.82) is 0 Å². The number of carbonyl (C=O) groups is 2. The highest BCUT2D eigenvalue weighted by molar-refractivity contribution is 7.89. The summed E-state index contributed by atoms with van der Waals surface area (Å²) < 4.78 is 32.0. The summed E-state index contributed by atoms with van der Waals surface area (Å²) in [5.41, 5.74) is 0.207. The van der Waals surface area contributed by atoms with Gasteiger partial charge in [0, 0.05) is 19.1 Å². The predicted molar refractivity (Wildman–Crippen MR) is 97.2 cm³/mol. The highest BCUT2D eigenvalue weighted by Crippen LogP contribution is 2.25. The van der Waals surface area contributed by atoms with Gasteiger partial charge < -0.3 is 10.1 Å². The third kappa shape index (κ3) is 5.04. The SMILES string of the molecule is CCCNC(=O)COC(=O)c1ccc(S(=O)(=O)N2CCCC[C@@H]2C)cc1. The maximum Gasteiger partial charge on any atom is 0.338 e. The number of ether oxygens (including phenoxy) is 1. The molecule has 8 heteroatoms. The van der Waals surface area contributed by atoms with Crippen molar-refractivity contribution in [3.63, 3.8) is 0 Å². The fraction of sp³-hybridized carbons (Fsp3) is 0.556. The zero-order chi connectivity index (χ0) is 19.2. The molecule has 0 spiro atoms. The van der Waals surface area contributed by atoms with Gasteiger partial charge in [0.2, 0.25) is 10.0 Å². The lowest BCUT2D eigenvalue weighted by Gasteiger charge is -2.32. The van der Waals surface area contributed by atoms with Crippen LogP contribution in [0.15, 0.2) is 29.2 Å². The third-order valence-electron chi connectivity index (χ3n) is 4.35. The molecule has 144 valence electrons. The zero-order valence-corrected chi connectivity index (χ0v) is 16.0. The molecule has 1 aromatic rings. The van der Waals surface area contributed by atoms with Crippen LogP contribution >= 0.6 is 0 Å². The molecular weight excluding hydrogens is 356 g/mol. The fourth-order valence-corrected chi connectivity index (χ4v) is 4.56. The van der Waals surface area contributed by atoms with Gasteiger partial charge in [-0.05, 0) is 50.5 Å². The van der Waals surface area contributed by atoms with Gasteiger partial charge in [0.05, 0.1) is 10.5 Å². The van der Waals surface area contributed by atoms with Crippen LogP contribution in [0.4, 0.5) is 0 Å². The molecule has 1 aliphatic rings. The van der Waals surface area contributed by atoms with Crippen LogP contribution < -0.4 is 5.32 Å². The Labute approximate surface area is 154 Å². The van der Waals surface area contributed by atoms with Crippen molar-refractivity contribution in [3.8, 4) is 0 Å². The van der Waals surface area contributed by atoms with Crippen LogP contribution in [-0.2, 0) is 19.6 Å². The molecule has 2 rings (SSSR count). The number of carbonyl (C=O) groups excluding carboxylic acids is 2. The molecule has 1 heterocycles. The van der Waals surface area contributed by atoms with Gasteiger partial charge in [-0.2, -0.15) is 4.31 Å². The first-order chi connectivity index (χ1) is 12.4. The second kappa shape index (κ2) is 9.14. The first kappa shape index (κ1) is 20.4. The summed E-state index contributed by atoms with van der Waals surface area (Å²) in [5.74, 6) is -1.02. The molecule has 0 aliphatic carbocycles. The van der Waals surface area contributed by atoms with Crippen LogP contribution in [0, 0.1) is 0 Å². The molecule has 0 unspecified atom stereocenters. The summed E-state index contributed by atoms with van der Waals surface area (Å²) in [6.45, 7) is 4.51. The molecule has 7 nitrogen and oxygen atoms in total. The van der Waals surface area contributed by atoms with Crippen molar-refractivity contribution in [2.45, 2.75) is 50.5 Å². The standard InChI is InChI=1S/C18H26N2O5S/c1-3-11-19-17(21)13-25-18(22)15-7-9-16(10-8-15)26(23,24)20-12-5-4-6-14(20)2/h7-10,14H,3-6,11-13H2,1-2H3,(H,19,21)/t14-/m0/s1. The van der Waals surface area contributed by atoms with E-state index in [0.29, 0.717) is 13.1 Å². The van der Waals surface area contributed by atoms with Gasteiger partial charge in [0.25, 0.3) is 5.91 Å². The topological polar surface area (TPSA) is 92.8 Å². The van der Waals surface area contributed by atoms with E-state index in [1.54, 1.807) is 0 Å². The van der Waals surface area contributed by atoms with Crippen LogP contribution in [0.2, 0.25) is 0 Å². The second-order valence-corrected chi connectivity index (χ2v) is 8.30. The lowest BCUT2D eigenvalue weighted by atomic mass is 10.1. The third-order valence-corrected chi connectivity index (χ3v) is 6.37. The fourth-order valence-electron chi connectivity index (χ4n) is 2.86. The lowest BCUT2D eigenvalue weighted by molar-refractivity contribution is -0.124. The molecule has 0 radical (unpaired) electrons. The summed E-state index contributed by atoms with van der Waals surface area (Å²) in [7, 11) is -3.57. The van der Waals surface area contributed by atoms with E-state index in [4.69, 9.17) is 4.74 Å². The summed E-state index contributed by atoms with van der Waals surface area (Å²) in [6.07, 6.45) is 3.53. The Morgan fingerprint density at radius 3 is 2.54 bits per heavy atom. The van der Waals surface area contributed by atoms with Gasteiger partial charge in [-0.15, -0.1) is 0 Å². The van der Waals surface area contributed by atoms with Crippen LogP contribution in [0.3, 0.4) is 0 Å². The van der Waals surface area contributed by atoms with Crippen molar-refractivity contribution in [3.05, 3.63) is 29.8 Å². The van der Waals surface area contributed by atoms with E-state index < -0.39 is 16.0 Å². The van der Waals surface area contributed by atoms with E-state index >= 15 is 0 Å². The van der Waals surface area contributed by atoms with E-state index in [1.165, 1.54) is 28.6 Å². The Bertz CT molecular complexity index is 730. The van der Waals surface area contributed by atoms with Gasteiger partial charge in [0.1, 0.15) is 0 Å². The predicted octanol–water partition coefficient (Wildman–Crippen LogP) is 1.93. The highest BCUT2D eigenvalue weighted by atomic mass is 32.2. The Kier molecular flexibility index (Phi) is 7.16. The minimum absolute atomic E-state index is 0.0278. The number of esters is 1. The highest BCUT2D eigenvalue weighted by Gasteiger charge is 2.30. The summed E-state index contributed by atoms with van der Waals surface area (Å²) >= 11 is 0. The maximum atomic E-state index is 12.8. The van der Waals surface area contributed by atoms with Crippen LogP contribution in [-0.4, -0.2) is 50.3 Å². The number of nitrogens with one attached hydrogen (secondary N) is 1. The second-order valence-electron chi connectivity index (χ2n) is 6.41. The zero-order valence-electron chi connectivity index (χ0n) is 15.2. The van der Waals surface area contributed by atoms with Crippen molar-refractivity contribution in [2.24, 2.45) is 0 Å². The maximum absolute atomic E-state index is 12.8. The van der Waals surface area contributed by atoms with E-state index in [0.717, 1.165) is 25.7 Å². The van der Waals surface area contributed by atoms with Crippen molar-refractivity contribution in [2.75, 3.05) is 19.7 Å². The first-order valence-electron chi connectivity index (χ1n) is 8.92. The first-order valence-corrected chi connectivity index (χ1v) is 10.4. The van der Waals surface area contributed by atoms with Gasteiger partial charge in [0.15, 0.2) is 6.61 Å². The van der Waals surface area contributed by atoms with Crippen molar-refractivity contribution < 1.29 is 22.7 Å². The normalized spacial score (nSPS) is 18.3. The van der Waals surface area contributed by atoms with Gasteiger partial charge in [-0.1, -0.05) is 13.3 Å². The molecule has 0 saturated carbocycles. The summed E-state index contributed by atoms with van der Waals surface area (Å²) in [6, 6.07) is 5.61. The van der Waals surface area contributed by atoms with Gasteiger partial charge in [-0.25, -0.2) is 13.2 Å². The Morgan fingerprint density at radius 2 is 1.92 bits per heavy atom. The van der Waals surface area contributed by atoms with Crippen molar-refractivity contribution in [1.82, 2.24) is 9.62 Å². The number of amides is 1. The van der Waals surface area contributed by atoms with E-state index in [9.17, 15) is 18.0 Å². The lowest BCUT2D eigenvalue weighted by Crippen LogP contribution is -2.41. The molecule has 26 heavy (non-hydrogen) atoms. The molecule has 0 aromatic heterocycles. The number of benzene rings is 1. The average Bonchev–Trinajstić information content (AvgIpc) is 2.64. The van der Waals surface area contributed by atoms with E-state index in [2.05, 4.69) is 5.32 Å². The molecule has 1 amide bonds. The molecule has 1 N–H and O–H groups in total. The Balaban J connectivity index is 2.01. The Morgan fingerprint density at radius 1 is 1.23 bits per heavy atom. The smallest absolute Gasteiger partial charge is 0.338 e. The molecule has 1 fully saturated rings. The van der Waals surface area contributed by atoms with Gasteiger partial charge in [-0.3, -0.25) is 4.79 Å². The number of nitrogens with zero attached hydrogens (tertiary/aromatic N) is 1. The number of rotatable bonds is 7. The largest absolute Gasteiger partial charge is 0.452 e. The van der Waals surface area contributed by atoms with Crippen LogP contribution in [0.5, 0.6) is 0 Å². The quantitative estimate of drug-likeness (QED) is 0.728. The minimum atomic E-state index is -3.57. The van der Waals surface area contributed by atoms with E-state index in [1.807, 2.05) is 13.8 Å². The monoisotopic (exact) mass is 382 g/mol. The van der Waals surface area contributed by atoms with Gasteiger partial charge >= 0.3 is 5.97 Å². The number of hydrogen-bond donors (Lipinski definition) is 1. The van der Waals surface area contributed by atoms with Crippen LogP contribution in [0.1, 0.15) is 49.9 Å². The number of sulfonamides is 1. The number of hydrogen-bond acceptors (Lipinski definition) is 5. The minimum Gasteiger partial charge on any atom is -0.452 e. The molecule has 1 aromatic carbocycles. The molecule has 1 aliphatic heterocycles. The summed E-state index contributed by atoms with van der Waals surface area (Å²) in [4.78, 5) is 23.6. The molecule has 1 atom stereocenters. The molecule has 0 bridgehead atoms. The number of piperidine rings is 1. The summed E-state index contributed by atoms with van der Waals surface area (Å²) in [5, 5.41) is 2.61. The van der Waals surface area contributed by atoms with Crippen molar-refractivity contribution >= 4 is 21.9 Å². The average molecular weight is 382 g/mol. The molecular formula is C18H26N2O5S.